The number of carbonyl (C=O) groups excluding carboxylic acids is 1. The van der Waals surface area contributed by atoms with Gasteiger partial charge in [-0.15, -0.1) is 0 Å². The summed E-state index contributed by atoms with van der Waals surface area (Å²) in [7, 11) is 1.37. The molecule has 1 aliphatic rings. The van der Waals surface area contributed by atoms with Crippen LogP contribution in [0.2, 0.25) is 0 Å². The van der Waals surface area contributed by atoms with E-state index in [9.17, 15) is 4.79 Å². The van der Waals surface area contributed by atoms with Crippen LogP contribution in [0.4, 0.5) is 0 Å². The molecule has 0 spiro atoms. The van der Waals surface area contributed by atoms with E-state index in [-0.39, 0.29) is 5.97 Å². The Bertz CT molecular complexity index is 426. The zero-order valence-electron chi connectivity index (χ0n) is 8.59. The van der Waals surface area contributed by atoms with E-state index in [0.29, 0.717) is 17.9 Å². The lowest BCUT2D eigenvalue weighted by Gasteiger charge is -2.09. The smallest absolute Gasteiger partial charge is 0.341 e. The molecule has 1 aliphatic heterocycles. The van der Waals surface area contributed by atoms with Crippen molar-refractivity contribution in [1.82, 2.24) is 0 Å². The van der Waals surface area contributed by atoms with Crippen molar-refractivity contribution >= 4 is 21.9 Å². The summed E-state index contributed by atoms with van der Waals surface area (Å²) in [6.45, 7) is 2.65. The van der Waals surface area contributed by atoms with Gasteiger partial charge in [0.15, 0.2) is 0 Å². The van der Waals surface area contributed by atoms with E-state index in [0.717, 1.165) is 22.0 Å². The Balaban J connectivity index is 2.62. The number of esters is 1. The number of methoxy groups -OCH3 is 1. The molecule has 0 N–H and O–H groups in total. The lowest BCUT2D eigenvalue weighted by molar-refractivity contribution is 0.0597. The maximum Gasteiger partial charge on any atom is 0.341 e. The fourth-order valence-corrected chi connectivity index (χ4v) is 2.23. The Labute approximate surface area is 96.5 Å². The summed E-state index contributed by atoms with van der Waals surface area (Å²) < 4.78 is 11.1. The molecule has 3 nitrogen and oxygen atoms in total. The minimum Gasteiger partial charge on any atom is -0.492 e. The van der Waals surface area contributed by atoms with Gasteiger partial charge in [-0.2, -0.15) is 0 Å². The fraction of sp³-hybridized carbons (Fsp3) is 0.364. The van der Waals surface area contributed by atoms with Crippen LogP contribution in [-0.4, -0.2) is 19.7 Å². The van der Waals surface area contributed by atoms with Crippen LogP contribution in [0.15, 0.2) is 10.5 Å². The first-order valence-electron chi connectivity index (χ1n) is 4.68. The summed E-state index contributed by atoms with van der Waals surface area (Å²) >= 11 is 3.43. The van der Waals surface area contributed by atoms with Gasteiger partial charge in [-0.1, -0.05) is 15.9 Å². The molecule has 0 atom stereocenters. The van der Waals surface area contributed by atoms with Crippen molar-refractivity contribution in [3.63, 3.8) is 0 Å². The number of hydrogen-bond donors (Lipinski definition) is 0. The third kappa shape index (κ3) is 1.63. The Morgan fingerprint density at radius 1 is 1.60 bits per heavy atom. The molecular weight excluding hydrogens is 260 g/mol. The average molecular weight is 271 g/mol. The minimum absolute atomic E-state index is 0.353. The van der Waals surface area contributed by atoms with Crippen LogP contribution in [-0.2, 0) is 11.2 Å². The van der Waals surface area contributed by atoms with Gasteiger partial charge in [0.25, 0.3) is 0 Å². The quantitative estimate of drug-likeness (QED) is 0.736. The highest BCUT2D eigenvalue weighted by Crippen LogP contribution is 2.36. The molecule has 2 rings (SSSR count). The molecule has 0 unspecified atom stereocenters. The molecule has 0 radical (unpaired) electrons. The van der Waals surface area contributed by atoms with Crippen molar-refractivity contribution in [3.8, 4) is 5.75 Å². The van der Waals surface area contributed by atoms with Crippen LogP contribution in [0.1, 0.15) is 21.5 Å². The molecule has 0 aliphatic carbocycles. The van der Waals surface area contributed by atoms with E-state index < -0.39 is 0 Å². The monoisotopic (exact) mass is 270 g/mol. The number of halogens is 1. The van der Waals surface area contributed by atoms with Crippen LogP contribution in [0, 0.1) is 6.92 Å². The zero-order chi connectivity index (χ0) is 11.0. The van der Waals surface area contributed by atoms with Gasteiger partial charge in [-0.05, 0) is 18.6 Å². The molecular formula is C11H11BrO3. The summed E-state index contributed by atoms with van der Waals surface area (Å²) in [6.07, 6.45) is 0.852. The highest BCUT2D eigenvalue weighted by atomic mass is 79.9. The average Bonchev–Trinajstić information content (AvgIpc) is 2.71. The van der Waals surface area contributed by atoms with Crippen LogP contribution in [0.25, 0.3) is 0 Å². The molecule has 0 saturated carbocycles. The second-order valence-corrected chi connectivity index (χ2v) is 4.28. The number of carbonyl (C=O) groups is 1. The molecule has 0 saturated heterocycles. The third-order valence-corrected chi connectivity index (χ3v) is 3.43. The van der Waals surface area contributed by atoms with Crippen molar-refractivity contribution in [2.75, 3.05) is 13.7 Å². The van der Waals surface area contributed by atoms with Gasteiger partial charge in [0.1, 0.15) is 11.3 Å². The number of fused-ring (bicyclic) bond motifs is 1. The molecule has 0 amide bonds. The van der Waals surface area contributed by atoms with Crippen molar-refractivity contribution in [3.05, 3.63) is 27.2 Å². The maximum atomic E-state index is 11.5. The molecule has 1 heterocycles. The van der Waals surface area contributed by atoms with E-state index in [1.807, 2.05) is 6.92 Å². The first-order chi connectivity index (χ1) is 7.15. The molecule has 0 bridgehead atoms. The lowest BCUT2D eigenvalue weighted by atomic mass is 10.0. The lowest BCUT2D eigenvalue weighted by Crippen LogP contribution is -2.04. The van der Waals surface area contributed by atoms with E-state index >= 15 is 0 Å². The normalized spacial score (nSPS) is 13.3. The second-order valence-electron chi connectivity index (χ2n) is 3.43. The molecule has 1 aromatic carbocycles. The third-order valence-electron chi connectivity index (χ3n) is 2.60. The molecule has 0 fully saturated rings. The Morgan fingerprint density at radius 2 is 2.33 bits per heavy atom. The topological polar surface area (TPSA) is 35.5 Å². The Hall–Kier alpha value is -1.03. The first kappa shape index (κ1) is 10.5. The molecule has 1 aromatic rings. The number of ether oxygens (including phenoxy) is 2. The van der Waals surface area contributed by atoms with Gasteiger partial charge < -0.3 is 9.47 Å². The van der Waals surface area contributed by atoms with Crippen molar-refractivity contribution < 1.29 is 14.3 Å². The summed E-state index contributed by atoms with van der Waals surface area (Å²) in [5.74, 6) is 0.330. The second kappa shape index (κ2) is 3.85. The zero-order valence-corrected chi connectivity index (χ0v) is 10.2. The summed E-state index contributed by atoms with van der Waals surface area (Å²) in [5.41, 5.74) is 2.74. The van der Waals surface area contributed by atoms with E-state index in [4.69, 9.17) is 9.47 Å². The molecule has 4 heteroatoms. The fourth-order valence-electron chi connectivity index (χ4n) is 1.76. The summed E-state index contributed by atoms with van der Waals surface area (Å²) in [5, 5.41) is 0. The van der Waals surface area contributed by atoms with Crippen molar-refractivity contribution in [2.24, 2.45) is 0 Å². The predicted molar refractivity (Wildman–Crippen MR) is 59.4 cm³/mol. The van der Waals surface area contributed by atoms with Crippen molar-refractivity contribution in [1.29, 1.82) is 0 Å². The highest BCUT2D eigenvalue weighted by Gasteiger charge is 2.24. The first-order valence-corrected chi connectivity index (χ1v) is 5.47. The molecule has 15 heavy (non-hydrogen) atoms. The van der Waals surface area contributed by atoms with Crippen LogP contribution in [0.5, 0.6) is 5.75 Å². The van der Waals surface area contributed by atoms with E-state index in [1.165, 1.54) is 7.11 Å². The minimum atomic E-state index is -0.353. The van der Waals surface area contributed by atoms with Gasteiger partial charge in [0, 0.05) is 16.5 Å². The maximum absolute atomic E-state index is 11.5. The number of hydrogen-bond acceptors (Lipinski definition) is 3. The SMILES string of the molecule is COC(=O)c1cc(Br)c(C)c2c1OCC2. The largest absolute Gasteiger partial charge is 0.492 e. The predicted octanol–water partition coefficient (Wildman–Crippen LogP) is 2.48. The van der Waals surface area contributed by atoms with Crippen LogP contribution >= 0.6 is 15.9 Å². The van der Waals surface area contributed by atoms with Crippen LogP contribution in [0.3, 0.4) is 0 Å². The standard InChI is InChI=1S/C11H11BrO3/c1-6-7-3-4-15-10(7)8(5-9(6)12)11(13)14-2/h5H,3-4H2,1-2H3. The molecule has 0 aromatic heterocycles. The van der Waals surface area contributed by atoms with Gasteiger partial charge in [0.2, 0.25) is 0 Å². The Morgan fingerprint density at radius 3 is 3.00 bits per heavy atom. The number of benzene rings is 1. The summed E-state index contributed by atoms with van der Waals surface area (Å²) in [6, 6.07) is 1.76. The van der Waals surface area contributed by atoms with Gasteiger partial charge >= 0.3 is 5.97 Å². The number of rotatable bonds is 1. The van der Waals surface area contributed by atoms with Gasteiger partial charge in [-0.25, -0.2) is 4.79 Å². The van der Waals surface area contributed by atoms with Crippen molar-refractivity contribution in [2.45, 2.75) is 13.3 Å². The summed E-state index contributed by atoms with van der Waals surface area (Å²) in [4.78, 5) is 11.5. The van der Waals surface area contributed by atoms with E-state index in [1.54, 1.807) is 6.07 Å². The van der Waals surface area contributed by atoms with Gasteiger partial charge in [0.05, 0.1) is 13.7 Å². The highest BCUT2D eigenvalue weighted by molar-refractivity contribution is 9.10. The van der Waals surface area contributed by atoms with Crippen LogP contribution < -0.4 is 4.74 Å². The van der Waals surface area contributed by atoms with Gasteiger partial charge in [-0.3, -0.25) is 0 Å². The van der Waals surface area contributed by atoms with E-state index in [2.05, 4.69) is 15.9 Å². The molecule has 80 valence electrons. The Kier molecular flexibility index (Phi) is 2.69.